The van der Waals surface area contributed by atoms with Crippen LogP contribution in [-0.4, -0.2) is 9.82 Å². The summed E-state index contributed by atoms with van der Waals surface area (Å²) in [5, 5.41) is 2.41. The van der Waals surface area contributed by atoms with E-state index in [-0.39, 0.29) is 10.8 Å². The number of benzene rings is 2. The zero-order valence-electron chi connectivity index (χ0n) is 18.5. The van der Waals surface area contributed by atoms with Gasteiger partial charge in [0.05, 0.1) is 27.4 Å². The minimum absolute atomic E-state index is 0.136. The zero-order chi connectivity index (χ0) is 22.8. The predicted molar refractivity (Wildman–Crippen MR) is 139 cm³/mol. The second-order valence-electron chi connectivity index (χ2n) is 9.76. The average molecular weight is 506 g/mol. The largest absolute Gasteiger partial charge is 0.460 e. The molecule has 172 valence electrons. The fourth-order valence-electron chi connectivity index (χ4n) is 6.50. The molecule has 2 aromatic heterocycles. The number of thiazole rings is 1. The van der Waals surface area contributed by atoms with Crippen LogP contribution >= 0.6 is 34.7 Å². The third-order valence-electron chi connectivity index (χ3n) is 7.95. The van der Waals surface area contributed by atoms with Gasteiger partial charge in [0.25, 0.3) is 0 Å². The highest BCUT2D eigenvalue weighted by Gasteiger charge is 2.56. The zero-order valence-corrected chi connectivity index (χ0v) is 20.9. The molecule has 0 amide bonds. The van der Waals surface area contributed by atoms with Crippen molar-refractivity contribution in [3.8, 4) is 11.3 Å². The first-order chi connectivity index (χ1) is 16.7. The quantitative estimate of drug-likeness (QED) is 0.287. The van der Waals surface area contributed by atoms with Crippen molar-refractivity contribution in [2.45, 2.75) is 42.0 Å². The summed E-state index contributed by atoms with van der Waals surface area (Å²) in [6.07, 6.45) is 3.93. The number of rotatable bonds is 4. The number of aromatic nitrogens is 1. The van der Waals surface area contributed by atoms with Gasteiger partial charge in [-0.3, -0.25) is 9.36 Å². The molecule has 0 spiro atoms. The smallest absolute Gasteiger partial charge is 0.308 e. The van der Waals surface area contributed by atoms with Crippen molar-refractivity contribution in [2.75, 3.05) is 0 Å². The number of thioether (sulfide) groups is 1. The molecule has 1 aliphatic heterocycles. The van der Waals surface area contributed by atoms with Gasteiger partial charge in [-0.15, -0.1) is 11.8 Å². The Morgan fingerprint density at radius 3 is 2.62 bits per heavy atom. The van der Waals surface area contributed by atoms with E-state index in [1.165, 1.54) is 35.5 Å². The predicted octanol–water partition coefficient (Wildman–Crippen LogP) is 7.52. The Hall–Kier alpha value is -2.21. The van der Waals surface area contributed by atoms with Crippen molar-refractivity contribution >= 4 is 34.7 Å². The van der Waals surface area contributed by atoms with Crippen LogP contribution in [0.3, 0.4) is 0 Å². The standard InChI is InChI=1S/C28H24ClNO2S2/c29-20-9-5-4-8-19(20)21-12-13-22(32-21)24-23-17-10-11-18(14-17)25(23)33-27-26(24)34-28(31)30(27)15-16-6-2-1-3-7-16/h1-9,12-13,17-18,23-25H,10-11,14-15H2/t17-,18+,23-,24+,25+/m1/s1. The van der Waals surface area contributed by atoms with E-state index >= 15 is 0 Å². The second-order valence-corrected chi connectivity index (χ2v) is 12.3. The second kappa shape index (κ2) is 8.18. The van der Waals surface area contributed by atoms with Gasteiger partial charge in [-0.1, -0.05) is 65.4 Å². The molecule has 0 N–H and O–H groups in total. The molecule has 0 radical (unpaired) electrons. The molecule has 2 bridgehead atoms. The van der Waals surface area contributed by atoms with Gasteiger partial charge in [0.1, 0.15) is 11.5 Å². The molecule has 3 nitrogen and oxygen atoms in total. The maximum absolute atomic E-state index is 13.3. The molecule has 3 aliphatic rings. The van der Waals surface area contributed by atoms with Gasteiger partial charge in [0.2, 0.25) is 0 Å². The molecule has 4 aromatic rings. The van der Waals surface area contributed by atoms with Crippen LogP contribution in [0, 0.1) is 17.8 Å². The van der Waals surface area contributed by atoms with Crippen LogP contribution in [0.15, 0.2) is 81.0 Å². The van der Waals surface area contributed by atoms with E-state index in [0.29, 0.717) is 28.7 Å². The Labute approximate surface area is 211 Å². The van der Waals surface area contributed by atoms with Crippen LogP contribution in [-0.2, 0) is 6.54 Å². The summed E-state index contributed by atoms with van der Waals surface area (Å²) >= 11 is 9.87. The van der Waals surface area contributed by atoms with Gasteiger partial charge >= 0.3 is 4.87 Å². The molecule has 2 saturated carbocycles. The van der Waals surface area contributed by atoms with Crippen LogP contribution in [0.4, 0.5) is 0 Å². The van der Waals surface area contributed by atoms with Crippen molar-refractivity contribution in [1.29, 1.82) is 0 Å². The molecular weight excluding hydrogens is 482 g/mol. The first-order valence-corrected chi connectivity index (χ1v) is 14.0. The molecule has 2 aliphatic carbocycles. The number of furan rings is 1. The Bertz CT molecular complexity index is 1420. The van der Waals surface area contributed by atoms with Crippen LogP contribution < -0.4 is 4.87 Å². The summed E-state index contributed by atoms with van der Waals surface area (Å²) in [6.45, 7) is 0.625. The Morgan fingerprint density at radius 1 is 0.971 bits per heavy atom. The van der Waals surface area contributed by atoms with Crippen molar-refractivity contribution < 1.29 is 4.42 Å². The summed E-state index contributed by atoms with van der Waals surface area (Å²) in [5.41, 5.74) is 2.08. The monoisotopic (exact) mass is 505 g/mol. The lowest BCUT2D eigenvalue weighted by Crippen LogP contribution is -2.34. The first kappa shape index (κ1) is 21.1. The molecule has 5 atom stereocenters. The lowest BCUT2D eigenvalue weighted by Gasteiger charge is -2.39. The fourth-order valence-corrected chi connectivity index (χ4v) is 9.86. The van der Waals surface area contributed by atoms with Gasteiger partial charge in [-0.2, -0.15) is 0 Å². The fraction of sp³-hybridized carbons (Fsp3) is 0.321. The van der Waals surface area contributed by atoms with E-state index in [9.17, 15) is 4.79 Å². The third-order valence-corrected chi connectivity index (χ3v) is 11.1. The summed E-state index contributed by atoms with van der Waals surface area (Å²) < 4.78 is 8.54. The van der Waals surface area contributed by atoms with E-state index < -0.39 is 0 Å². The normalized spacial score (nSPS) is 27.0. The molecule has 7 rings (SSSR count). The summed E-state index contributed by atoms with van der Waals surface area (Å²) in [6, 6.07) is 22.3. The van der Waals surface area contributed by atoms with Gasteiger partial charge < -0.3 is 4.42 Å². The molecule has 34 heavy (non-hydrogen) atoms. The summed E-state index contributed by atoms with van der Waals surface area (Å²) in [4.78, 5) is 14.6. The number of halogens is 1. The van der Waals surface area contributed by atoms with Crippen molar-refractivity contribution in [1.82, 2.24) is 4.57 Å². The van der Waals surface area contributed by atoms with E-state index in [0.717, 1.165) is 33.6 Å². The van der Waals surface area contributed by atoms with E-state index in [1.807, 2.05) is 64.9 Å². The highest BCUT2D eigenvalue weighted by molar-refractivity contribution is 8.00. The molecule has 0 saturated heterocycles. The van der Waals surface area contributed by atoms with Crippen LogP contribution in [0.1, 0.15) is 41.4 Å². The lowest BCUT2D eigenvalue weighted by atomic mass is 9.77. The molecular formula is C28H24ClNO2S2. The lowest BCUT2D eigenvalue weighted by molar-refractivity contribution is 0.283. The minimum atomic E-state index is 0.136. The maximum atomic E-state index is 13.3. The van der Waals surface area contributed by atoms with Gasteiger partial charge in [-0.25, -0.2) is 0 Å². The van der Waals surface area contributed by atoms with Crippen LogP contribution in [0.5, 0.6) is 0 Å². The van der Waals surface area contributed by atoms with Gasteiger partial charge in [-0.05, 0) is 66.8 Å². The van der Waals surface area contributed by atoms with Gasteiger partial charge in [0, 0.05) is 10.8 Å². The Morgan fingerprint density at radius 2 is 1.76 bits per heavy atom. The van der Waals surface area contributed by atoms with E-state index in [1.54, 1.807) is 0 Å². The van der Waals surface area contributed by atoms with Crippen LogP contribution in [0.25, 0.3) is 11.3 Å². The highest BCUT2D eigenvalue weighted by Crippen LogP contribution is 2.64. The van der Waals surface area contributed by atoms with Crippen molar-refractivity contribution in [3.05, 3.63) is 97.6 Å². The maximum Gasteiger partial charge on any atom is 0.308 e. The molecule has 2 fully saturated rings. The van der Waals surface area contributed by atoms with Gasteiger partial charge in [0.15, 0.2) is 0 Å². The van der Waals surface area contributed by atoms with E-state index in [4.69, 9.17) is 16.0 Å². The average Bonchev–Trinajstić information content (AvgIpc) is 3.64. The van der Waals surface area contributed by atoms with Crippen LogP contribution in [0.2, 0.25) is 5.02 Å². The topological polar surface area (TPSA) is 35.1 Å². The number of hydrogen-bond donors (Lipinski definition) is 0. The summed E-state index contributed by atoms with van der Waals surface area (Å²) in [7, 11) is 0. The Balaban J connectivity index is 1.35. The number of nitrogens with zero attached hydrogens (tertiary/aromatic N) is 1. The van der Waals surface area contributed by atoms with E-state index in [2.05, 4.69) is 18.2 Å². The Kier molecular flexibility index (Phi) is 5.08. The number of fused-ring (bicyclic) bond motifs is 6. The van der Waals surface area contributed by atoms with Crippen molar-refractivity contribution in [3.63, 3.8) is 0 Å². The highest BCUT2D eigenvalue weighted by atomic mass is 35.5. The molecule has 0 unspecified atom stereocenters. The van der Waals surface area contributed by atoms with Crippen molar-refractivity contribution in [2.24, 2.45) is 17.8 Å². The third kappa shape index (κ3) is 3.28. The summed E-state index contributed by atoms with van der Waals surface area (Å²) in [5.74, 6) is 3.92. The minimum Gasteiger partial charge on any atom is -0.460 e. The molecule has 3 heterocycles. The SMILES string of the molecule is O=c1sc2c(n1Cc1ccccc1)S[C@H]1[C@H]3CC[C@H](C3)[C@@H]1[C@@H]2c1ccc(-c2ccccc2Cl)o1. The number of hydrogen-bond acceptors (Lipinski definition) is 4. The first-order valence-electron chi connectivity index (χ1n) is 12.0. The molecule has 6 heteroatoms. The molecule has 2 aromatic carbocycles.